The summed E-state index contributed by atoms with van der Waals surface area (Å²) in [7, 11) is 0. The lowest BCUT2D eigenvalue weighted by Gasteiger charge is -2.07. The lowest BCUT2D eigenvalue weighted by atomic mass is 10.1. The predicted molar refractivity (Wildman–Crippen MR) is 68.3 cm³/mol. The molecule has 5 N–H and O–H groups in total. The van der Waals surface area contributed by atoms with Crippen LogP contribution in [0.5, 0.6) is 28.7 Å². The Bertz CT molecular complexity index is 924. The first-order valence-electron chi connectivity index (χ1n) is 5.46. The van der Waals surface area contributed by atoms with Gasteiger partial charge in [0.1, 0.15) is 22.5 Å². The Morgan fingerprint density at radius 2 is 1.55 bits per heavy atom. The van der Waals surface area contributed by atoms with Gasteiger partial charge in [-0.3, -0.25) is 4.79 Å². The van der Waals surface area contributed by atoms with E-state index in [9.17, 15) is 30.3 Å². The molecule has 0 saturated heterocycles. The minimum absolute atomic E-state index is 0.166. The topological polar surface area (TPSA) is 131 Å². The van der Waals surface area contributed by atoms with Crippen molar-refractivity contribution in [2.24, 2.45) is 0 Å². The van der Waals surface area contributed by atoms with E-state index in [2.05, 4.69) is 0 Å². The second-order valence-electron chi connectivity index (χ2n) is 4.24. The van der Waals surface area contributed by atoms with Crippen LogP contribution in [0.3, 0.4) is 0 Å². The first kappa shape index (κ1) is 12.0. The fourth-order valence-corrected chi connectivity index (χ4v) is 2.04. The number of rotatable bonds is 0. The van der Waals surface area contributed by atoms with E-state index in [1.165, 1.54) is 0 Å². The molecule has 7 nitrogen and oxygen atoms in total. The quantitative estimate of drug-likeness (QED) is 0.310. The van der Waals surface area contributed by atoms with Crippen LogP contribution in [0.15, 0.2) is 27.4 Å². The third kappa shape index (κ3) is 1.43. The minimum Gasteiger partial charge on any atom is -0.508 e. The Morgan fingerprint density at radius 1 is 0.850 bits per heavy atom. The van der Waals surface area contributed by atoms with E-state index in [0.29, 0.717) is 0 Å². The van der Waals surface area contributed by atoms with E-state index in [1.807, 2.05) is 0 Å². The van der Waals surface area contributed by atoms with E-state index < -0.39 is 28.4 Å². The number of benzene rings is 2. The van der Waals surface area contributed by atoms with Crippen LogP contribution >= 0.6 is 0 Å². The summed E-state index contributed by atoms with van der Waals surface area (Å²) < 4.78 is 5.21. The monoisotopic (exact) mass is 276 g/mol. The number of aromatic hydroxyl groups is 5. The van der Waals surface area contributed by atoms with Crippen LogP contribution in [0.1, 0.15) is 0 Å². The predicted octanol–water partition coefficient (Wildman–Crippen LogP) is 1.47. The summed E-state index contributed by atoms with van der Waals surface area (Å²) in [5, 5.41) is 47.2. The molecule has 1 aromatic heterocycles. The Balaban J connectivity index is 2.65. The van der Waals surface area contributed by atoms with Crippen LogP contribution in [0.4, 0.5) is 0 Å². The molecule has 0 aliphatic carbocycles. The molecule has 102 valence electrons. The molecule has 0 atom stereocenters. The van der Waals surface area contributed by atoms with Gasteiger partial charge in [-0.05, 0) is 6.07 Å². The number of hydrogen-bond donors (Lipinski definition) is 5. The average Bonchev–Trinajstić information content (AvgIpc) is 2.37. The van der Waals surface area contributed by atoms with Crippen LogP contribution in [0.25, 0.3) is 21.9 Å². The molecule has 3 rings (SSSR count). The summed E-state index contributed by atoms with van der Waals surface area (Å²) in [6, 6.07) is 2.96. The van der Waals surface area contributed by atoms with Gasteiger partial charge in [-0.15, -0.1) is 0 Å². The fraction of sp³-hybridized carbons (Fsp3) is 0. The molecule has 0 unspecified atom stereocenters. The van der Waals surface area contributed by atoms with Crippen molar-refractivity contribution in [2.45, 2.75) is 0 Å². The lowest BCUT2D eigenvalue weighted by molar-refractivity contribution is 0.367. The number of fused-ring (bicyclic) bond motifs is 2. The van der Waals surface area contributed by atoms with Crippen molar-refractivity contribution in [1.29, 1.82) is 0 Å². The molecule has 20 heavy (non-hydrogen) atoms. The van der Waals surface area contributed by atoms with Crippen molar-refractivity contribution in [3.63, 3.8) is 0 Å². The molecule has 0 bridgehead atoms. The third-order valence-corrected chi connectivity index (χ3v) is 2.96. The Kier molecular flexibility index (Phi) is 2.22. The van der Waals surface area contributed by atoms with Crippen molar-refractivity contribution in [1.82, 2.24) is 0 Å². The summed E-state index contributed by atoms with van der Waals surface area (Å²) in [5.74, 6) is -3.16. The van der Waals surface area contributed by atoms with Gasteiger partial charge in [0, 0.05) is 12.1 Å². The summed E-state index contributed by atoms with van der Waals surface area (Å²) in [4.78, 5) is 12.2. The maximum absolute atomic E-state index is 12.2. The Morgan fingerprint density at radius 3 is 2.25 bits per heavy atom. The molecule has 7 heteroatoms. The second kappa shape index (κ2) is 3.70. The van der Waals surface area contributed by atoms with Crippen LogP contribution in [0, 0.1) is 0 Å². The molecule has 0 aliphatic rings. The largest absolute Gasteiger partial charge is 0.508 e. The van der Waals surface area contributed by atoms with Crippen molar-refractivity contribution >= 4 is 21.9 Å². The van der Waals surface area contributed by atoms with Crippen LogP contribution in [-0.4, -0.2) is 25.5 Å². The molecule has 0 spiro atoms. The van der Waals surface area contributed by atoms with E-state index in [0.717, 1.165) is 18.2 Å². The number of hydrogen-bond acceptors (Lipinski definition) is 7. The van der Waals surface area contributed by atoms with Crippen molar-refractivity contribution in [3.05, 3.63) is 28.4 Å². The highest BCUT2D eigenvalue weighted by Gasteiger charge is 2.19. The van der Waals surface area contributed by atoms with E-state index >= 15 is 0 Å². The standard InChI is InChI=1S/C13H8O7/c14-4-1-6(15)9-8(2-4)20-13-5(10(9)17)3-7(16)11(18)12(13)19/h1-3,14-16,18-19H. The van der Waals surface area contributed by atoms with Crippen molar-refractivity contribution in [3.8, 4) is 28.7 Å². The zero-order valence-corrected chi connectivity index (χ0v) is 9.78. The summed E-state index contributed by atoms with van der Waals surface area (Å²) in [6.07, 6.45) is 0. The molecule has 2 aromatic carbocycles. The molecule has 0 radical (unpaired) electrons. The van der Waals surface area contributed by atoms with Gasteiger partial charge in [-0.25, -0.2) is 0 Å². The third-order valence-electron chi connectivity index (χ3n) is 2.96. The van der Waals surface area contributed by atoms with Crippen molar-refractivity contribution in [2.75, 3.05) is 0 Å². The van der Waals surface area contributed by atoms with Crippen LogP contribution in [0.2, 0.25) is 0 Å². The summed E-state index contributed by atoms with van der Waals surface area (Å²) >= 11 is 0. The molecule has 3 aromatic rings. The second-order valence-corrected chi connectivity index (χ2v) is 4.24. The van der Waals surface area contributed by atoms with Gasteiger partial charge in [0.25, 0.3) is 0 Å². The van der Waals surface area contributed by atoms with Gasteiger partial charge in [0.2, 0.25) is 16.9 Å². The molecular formula is C13H8O7. The molecule has 0 amide bonds. The van der Waals surface area contributed by atoms with Gasteiger partial charge in [-0.2, -0.15) is 0 Å². The Labute approximate surface area is 110 Å². The Hall–Kier alpha value is -3.09. The molecule has 0 saturated carbocycles. The molecule has 1 heterocycles. The average molecular weight is 276 g/mol. The SMILES string of the molecule is O=c1c2cc(O)c(O)c(O)c2oc2cc(O)cc(O)c12. The first-order valence-corrected chi connectivity index (χ1v) is 5.46. The van der Waals surface area contributed by atoms with Crippen LogP contribution < -0.4 is 5.43 Å². The van der Waals surface area contributed by atoms with Crippen molar-refractivity contribution < 1.29 is 29.9 Å². The van der Waals surface area contributed by atoms with E-state index in [1.54, 1.807) is 0 Å². The number of phenols is 5. The van der Waals surface area contributed by atoms with Gasteiger partial charge >= 0.3 is 0 Å². The number of phenolic OH excluding ortho intramolecular Hbond substituents is 5. The highest BCUT2D eigenvalue weighted by Crippen LogP contribution is 2.41. The van der Waals surface area contributed by atoms with E-state index in [-0.39, 0.29) is 27.7 Å². The maximum Gasteiger partial charge on any atom is 0.205 e. The van der Waals surface area contributed by atoms with E-state index in [4.69, 9.17) is 4.42 Å². The maximum atomic E-state index is 12.2. The lowest BCUT2D eigenvalue weighted by Crippen LogP contribution is -2.02. The zero-order valence-electron chi connectivity index (χ0n) is 9.78. The van der Waals surface area contributed by atoms with Gasteiger partial charge in [0.05, 0.1) is 5.39 Å². The molecular weight excluding hydrogens is 268 g/mol. The fourth-order valence-electron chi connectivity index (χ4n) is 2.04. The summed E-state index contributed by atoms with van der Waals surface area (Å²) in [5.41, 5.74) is -1.24. The highest BCUT2D eigenvalue weighted by molar-refractivity contribution is 5.97. The first-order chi connectivity index (χ1) is 9.40. The molecule has 0 fully saturated rings. The highest BCUT2D eigenvalue weighted by atomic mass is 16.4. The normalized spacial score (nSPS) is 11.2. The van der Waals surface area contributed by atoms with Crippen LogP contribution in [-0.2, 0) is 0 Å². The smallest absolute Gasteiger partial charge is 0.205 e. The zero-order chi connectivity index (χ0) is 14.6. The minimum atomic E-state index is -0.829. The van der Waals surface area contributed by atoms with Gasteiger partial charge < -0.3 is 29.9 Å². The summed E-state index contributed by atoms with van der Waals surface area (Å²) in [6.45, 7) is 0. The van der Waals surface area contributed by atoms with Gasteiger partial charge in [0.15, 0.2) is 11.3 Å². The van der Waals surface area contributed by atoms with Gasteiger partial charge in [-0.1, -0.05) is 0 Å². The molecule has 0 aliphatic heterocycles.